The SMILES string of the molecule is C=CC(=O)N1CCN(c2nc(OCCCN3CCOCC3)nc3c2CN(C2CCc4ccccc42)C3)C[C@@H]1CC#N. The zero-order valence-electron chi connectivity index (χ0n) is 23.7. The molecular formula is C31H39N7O3. The topological polar surface area (TPSA) is 98.1 Å². The van der Waals surface area contributed by atoms with E-state index in [-0.39, 0.29) is 18.4 Å². The number of hydrogen-bond acceptors (Lipinski definition) is 9. The molecule has 0 N–H and O–H groups in total. The van der Waals surface area contributed by atoms with Gasteiger partial charge in [-0.05, 0) is 36.5 Å². The molecule has 2 atom stereocenters. The third kappa shape index (κ3) is 5.94. The lowest BCUT2D eigenvalue weighted by atomic mass is 10.1. The minimum absolute atomic E-state index is 0.131. The Hall–Kier alpha value is -3.52. The normalized spacial score (nSPS) is 22.7. The first-order valence-corrected chi connectivity index (χ1v) is 14.8. The molecule has 41 heavy (non-hydrogen) atoms. The number of carbonyl (C=O) groups excluding carboxylic acids is 1. The number of morpholine rings is 1. The number of nitrogens with zero attached hydrogens (tertiary/aromatic N) is 7. The molecule has 1 aromatic carbocycles. The van der Waals surface area contributed by atoms with Crippen LogP contribution >= 0.6 is 0 Å². The highest BCUT2D eigenvalue weighted by atomic mass is 16.5. The number of anilines is 1. The molecule has 0 bridgehead atoms. The van der Waals surface area contributed by atoms with E-state index < -0.39 is 0 Å². The van der Waals surface area contributed by atoms with Crippen molar-refractivity contribution in [3.63, 3.8) is 0 Å². The Labute approximate surface area is 242 Å². The lowest BCUT2D eigenvalue weighted by Gasteiger charge is -2.41. The first kappa shape index (κ1) is 27.6. The van der Waals surface area contributed by atoms with Gasteiger partial charge in [-0.3, -0.25) is 14.6 Å². The molecule has 2 fully saturated rings. The third-order valence-electron chi connectivity index (χ3n) is 8.83. The summed E-state index contributed by atoms with van der Waals surface area (Å²) in [7, 11) is 0. The molecule has 10 heteroatoms. The number of hydrogen-bond donors (Lipinski definition) is 0. The van der Waals surface area contributed by atoms with E-state index in [0.29, 0.717) is 38.3 Å². The minimum atomic E-state index is -0.220. The number of nitriles is 1. The number of ether oxygens (including phenoxy) is 2. The first-order valence-electron chi connectivity index (χ1n) is 14.8. The van der Waals surface area contributed by atoms with Gasteiger partial charge >= 0.3 is 6.01 Å². The Morgan fingerprint density at radius 3 is 2.85 bits per heavy atom. The van der Waals surface area contributed by atoms with Gasteiger partial charge in [-0.1, -0.05) is 30.8 Å². The van der Waals surface area contributed by atoms with Crippen molar-refractivity contribution in [3.05, 3.63) is 59.3 Å². The number of benzene rings is 1. The first-order chi connectivity index (χ1) is 20.1. The zero-order chi connectivity index (χ0) is 28.2. The average Bonchev–Trinajstić information content (AvgIpc) is 3.63. The van der Waals surface area contributed by atoms with Crippen molar-refractivity contribution in [2.45, 2.75) is 50.9 Å². The van der Waals surface area contributed by atoms with Gasteiger partial charge in [0.25, 0.3) is 0 Å². The Balaban J connectivity index is 1.22. The highest BCUT2D eigenvalue weighted by Crippen LogP contribution is 2.42. The van der Waals surface area contributed by atoms with Gasteiger partial charge in [-0.2, -0.15) is 15.2 Å². The van der Waals surface area contributed by atoms with Crippen LogP contribution in [-0.4, -0.2) is 95.7 Å². The van der Waals surface area contributed by atoms with Gasteiger partial charge in [-0.25, -0.2) is 0 Å². The third-order valence-corrected chi connectivity index (χ3v) is 8.83. The molecule has 0 saturated carbocycles. The maximum atomic E-state index is 12.5. The number of aromatic nitrogens is 2. The summed E-state index contributed by atoms with van der Waals surface area (Å²) in [5.74, 6) is 0.744. The van der Waals surface area contributed by atoms with E-state index in [0.717, 1.165) is 82.3 Å². The lowest BCUT2D eigenvalue weighted by molar-refractivity contribution is -0.128. The Morgan fingerprint density at radius 2 is 2.02 bits per heavy atom. The van der Waals surface area contributed by atoms with Gasteiger partial charge in [0.05, 0.1) is 44.0 Å². The van der Waals surface area contributed by atoms with Crippen LogP contribution in [0.5, 0.6) is 6.01 Å². The molecule has 4 aliphatic rings. The Bertz CT molecular complexity index is 1310. The standard InChI is InChI=1S/C31H39N7O3/c1-2-29(39)38-14-13-36(20-24(38)10-11-32)30-26-21-37(28-9-8-23-6-3-4-7-25(23)28)22-27(26)33-31(34-30)41-17-5-12-35-15-18-40-19-16-35/h2-4,6-7,24,28H,1,5,8-10,12-22H2/t24-,28?/m0/s1. The van der Waals surface area contributed by atoms with Crippen LogP contribution in [0.15, 0.2) is 36.9 Å². The number of aryl methyl sites for hydroxylation is 1. The number of piperazine rings is 1. The summed E-state index contributed by atoms with van der Waals surface area (Å²) in [4.78, 5) is 31.3. The molecule has 216 valence electrons. The van der Waals surface area contributed by atoms with Gasteiger partial charge in [0, 0.05) is 64.0 Å². The molecular weight excluding hydrogens is 518 g/mol. The predicted octanol–water partition coefficient (Wildman–Crippen LogP) is 2.70. The van der Waals surface area contributed by atoms with Crippen molar-refractivity contribution < 1.29 is 14.3 Å². The van der Waals surface area contributed by atoms with Crippen LogP contribution in [0.1, 0.15) is 47.7 Å². The fraction of sp³-hybridized carbons (Fsp3) is 0.548. The number of fused-ring (bicyclic) bond motifs is 2. The molecule has 1 amide bonds. The van der Waals surface area contributed by atoms with E-state index in [1.54, 1.807) is 4.90 Å². The van der Waals surface area contributed by atoms with Crippen molar-refractivity contribution in [1.82, 2.24) is 24.7 Å². The molecule has 0 radical (unpaired) electrons. The van der Waals surface area contributed by atoms with Crippen LogP contribution in [0.2, 0.25) is 0 Å². The van der Waals surface area contributed by atoms with Crippen molar-refractivity contribution in [2.75, 3.05) is 64.0 Å². The molecule has 1 unspecified atom stereocenters. The maximum Gasteiger partial charge on any atom is 0.318 e. The monoisotopic (exact) mass is 557 g/mol. The van der Waals surface area contributed by atoms with Gasteiger partial charge < -0.3 is 19.3 Å². The second-order valence-electron chi connectivity index (χ2n) is 11.3. The minimum Gasteiger partial charge on any atom is -0.463 e. The average molecular weight is 558 g/mol. The molecule has 1 aliphatic carbocycles. The molecule has 6 rings (SSSR count). The van der Waals surface area contributed by atoms with Gasteiger partial charge in [0.15, 0.2) is 0 Å². The van der Waals surface area contributed by atoms with Gasteiger partial charge in [-0.15, -0.1) is 0 Å². The van der Waals surface area contributed by atoms with E-state index in [1.165, 1.54) is 17.2 Å². The molecule has 3 aliphatic heterocycles. The van der Waals surface area contributed by atoms with E-state index in [1.807, 2.05) is 0 Å². The summed E-state index contributed by atoms with van der Waals surface area (Å²) in [6.07, 6.45) is 4.70. The molecule has 10 nitrogen and oxygen atoms in total. The van der Waals surface area contributed by atoms with Crippen molar-refractivity contribution >= 4 is 11.7 Å². The van der Waals surface area contributed by atoms with Crippen molar-refractivity contribution in [1.29, 1.82) is 5.26 Å². The van der Waals surface area contributed by atoms with E-state index in [9.17, 15) is 10.1 Å². The van der Waals surface area contributed by atoms with Gasteiger partial charge in [0.2, 0.25) is 5.91 Å². The lowest BCUT2D eigenvalue weighted by Crippen LogP contribution is -2.55. The van der Waals surface area contributed by atoms with E-state index in [2.05, 4.69) is 51.6 Å². The van der Waals surface area contributed by atoms with Crippen LogP contribution in [0, 0.1) is 11.3 Å². The predicted molar refractivity (Wildman–Crippen MR) is 154 cm³/mol. The largest absolute Gasteiger partial charge is 0.463 e. The second kappa shape index (κ2) is 12.6. The summed E-state index contributed by atoms with van der Waals surface area (Å²) in [6.45, 7) is 11.9. The summed E-state index contributed by atoms with van der Waals surface area (Å²) < 4.78 is 11.6. The summed E-state index contributed by atoms with van der Waals surface area (Å²) in [5.41, 5.74) is 5.00. The molecule has 2 aromatic rings. The highest BCUT2D eigenvalue weighted by molar-refractivity contribution is 5.87. The summed E-state index contributed by atoms with van der Waals surface area (Å²) in [5, 5.41) is 9.50. The van der Waals surface area contributed by atoms with Crippen LogP contribution in [-0.2, 0) is 29.0 Å². The smallest absolute Gasteiger partial charge is 0.318 e. The van der Waals surface area contributed by atoms with Crippen molar-refractivity contribution in [2.24, 2.45) is 0 Å². The van der Waals surface area contributed by atoms with Crippen LogP contribution in [0.4, 0.5) is 5.82 Å². The fourth-order valence-electron chi connectivity index (χ4n) is 6.71. The summed E-state index contributed by atoms with van der Waals surface area (Å²) in [6, 6.07) is 11.6. The fourth-order valence-corrected chi connectivity index (χ4v) is 6.71. The quantitative estimate of drug-likeness (QED) is 0.340. The van der Waals surface area contributed by atoms with Gasteiger partial charge in [0.1, 0.15) is 5.82 Å². The van der Waals surface area contributed by atoms with Crippen LogP contribution < -0.4 is 9.64 Å². The number of carbonyl (C=O) groups is 1. The molecule has 1 aromatic heterocycles. The summed E-state index contributed by atoms with van der Waals surface area (Å²) >= 11 is 0. The maximum absolute atomic E-state index is 12.5. The molecule has 4 heterocycles. The molecule has 0 spiro atoms. The Kier molecular flexibility index (Phi) is 8.46. The molecule has 2 saturated heterocycles. The van der Waals surface area contributed by atoms with Crippen molar-refractivity contribution in [3.8, 4) is 12.1 Å². The van der Waals surface area contributed by atoms with E-state index in [4.69, 9.17) is 19.4 Å². The highest BCUT2D eigenvalue weighted by Gasteiger charge is 2.37. The zero-order valence-corrected chi connectivity index (χ0v) is 23.7. The Morgan fingerprint density at radius 1 is 1.17 bits per heavy atom. The number of amides is 1. The van der Waals surface area contributed by atoms with E-state index >= 15 is 0 Å². The van der Waals surface area contributed by atoms with Crippen LogP contribution in [0.3, 0.4) is 0 Å². The number of rotatable bonds is 9. The second-order valence-corrected chi connectivity index (χ2v) is 11.3. The van der Waals surface area contributed by atoms with Crippen LogP contribution in [0.25, 0.3) is 0 Å².